The van der Waals surface area contributed by atoms with Gasteiger partial charge in [0.1, 0.15) is 0 Å². The van der Waals surface area contributed by atoms with Crippen molar-refractivity contribution in [1.29, 1.82) is 0 Å². The van der Waals surface area contributed by atoms with Crippen molar-refractivity contribution in [3.63, 3.8) is 0 Å². The van der Waals surface area contributed by atoms with Crippen molar-refractivity contribution in [3.05, 3.63) is 35.9 Å². The van der Waals surface area contributed by atoms with Gasteiger partial charge in [-0.1, -0.05) is 13.0 Å². The van der Waals surface area contributed by atoms with Gasteiger partial charge in [-0.2, -0.15) is 0 Å². The molecule has 0 aliphatic carbocycles. The number of carbonyl (C=O) groups is 2. The van der Waals surface area contributed by atoms with Crippen LogP contribution in [0.25, 0.3) is 5.52 Å². The first-order chi connectivity index (χ1) is 12.7. The monoisotopic (exact) mass is 392 g/mol. The molecule has 2 aromatic rings. The Hall–Kier alpha value is -2.42. The molecule has 0 radical (unpaired) electrons. The molecular weight excluding hydrogens is 368 g/mol. The summed E-state index contributed by atoms with van der Waals surface area (Å²) in [6.07, 6.45) is 2.88. The molecule has 1 saturated heterocycles. The summed E-state index contributed by atoms with van der Waals surface area (Å²) in [5.74, 6) is -0.551. The van der Waals surface area contributed by atoms with E-state index in [9.17, 15) is 18.0 Å². The van der Waals surface area contributed by atoms with Gasteiger partial charge in [0.05, 0.1) is 17.0 Å². The minimum atomic E-state index is -3.11. The van der Waals surface area contributed by atoms with E-state index in [0.717, 1.165) is 6.42 Å². The maximum Gasteiger partial charge on any atom is 0.287 e. The first-order valence-electron chi connectivity index (χ1n) is 8.99. The average Bonchev–Trinajstić information content (AvgIpc) is 3.20. The molecular formula is C18H24N4O4S. The van der Waals surface area contributed by atoms with Crippen LogP contribution in [0.1, 0.15) is 47.8 Å². The van der Waals surface area contributed by atoms with Crippen LogP contribution in [0.5, 0.6) is 0 Å². The molecule has 146 valence electrons. The second kappa shape index (κ2) is 7.30. The summed E-state index contributed by atoms with van der Waals surface area (Å²) < 4.78 is 25.0. The van der Waals surface area contributed by atoms with Gasteiger partial charge in [0, 0.05) is 25.3 Å². The third-order valence-electron chi connectivity index (χ3n) is 5.02. The fraction of sp³-hybridized carbons (Fsp3) is 0.500. The third kappa shape index (κ3) is 3.83. The summed E-state index contributed by atoms with van der Waals surface area (Å²) in [6.45, 7) is 3.86. The van der Waals surface area contributed by atoms with Gasteiger partial charge in [0.15, 0.2) is 15.5 Å². The van der Waals surface area contributed by atoms with Gasteiger partial charge >= 0.3 is 0 Å². The highest BCUT2D eigenvalue weighted by Crippen LogP contribution is 2.21. The Morgan fingerprint density at radius 1 is 1.41 bits per heavy atom. The Balaban J connectivity index is 1.95. The van der Waals surface area contributed by atoms with Gasteiger partial charge in [-0.25, -0.2) is 13.4 Å². The summed E-state index contributed by atoms with van der Waals surface area (Å²) in [4.78, 5) is 31.3. The molecule has 9 heteroatoms. The van der Waals surface area contributed by atoms with E-state index in [1.807, 2.05) is 13.8 Å². The molecule has 2 amide bonds. The zero-order chi connectivity index (χ0) is 19.8. The molecule has 0 saturated carbocycles. The number of carbonyl (C=O) groups excluding carboxylic acids is 2. The summed E-state index contributed by atoms with van der Waals surface area (Å²) in [5.41, 5.74) is 0.668. The zero-order valence-electron chi connectivity index (χ0n) is 15.7. The fourth-order valence-electron chi connectivity index (χ4n) is 3.16. The summed E-state index contributed by atoms with van der Waals surface area (Å²) >= 11 is 0. The van der Waals surface area contributed by atoms with Gasteiger partial charge in [0.25, 0.3) is 11.8 Å². The Labute approximate surface area is 158 Å². The third-order valence-corrected chi connectivity index (χ3v) is 6.77. The van der Waals surface area contributed by atoms with Crippen LogP contribution in [-0.4, -0.2) is 65.2 Å². The number of aromatic nitrogens is 2. The number of pyridine rings is 1. The van der Waals surface area contributed by atoms with E-state index in [4.69, 9.17) is 0 Å². The molecule has 0 bridgehead atoms. The number of nitrogens with zero attached hydrogens (tertiary/aromatic N) is 3. The molecule has 27 heavy (non-hydrogen) atoms. The number of fused-ring (bicyclic) bond motifs is 1. The molecule has 8 nitrogen and oxygen atoms in total. The van der Waals surface area contributed by atoms with E-state index in [2.05, 4.69) is 10.3 Å². The second-order valence-electron chi connectivity index (χ2n) is 7.00. The molecule has 1 N–H and O–H groups in total. The van der Waals surface area contributed by atoms with E-state index in [1.165, 1.54) is 4.90 Å². The van der Waals surface area contributed by atoms with Crippen molar-refractivity contribution in [2.45, 2.75) is 38.8 Å². The molecule has 0 spiro atoms. The van der Waals surface area contributed by atoms with E-state index in [-0.39, 0.29) is 46.9 Å². The van der Waals surface area contributed by atoms with E-state index < -0.39 is 9.84 Å². The lowest BCUT2D eigenvalue weighted by atomic mass is 10.2. The molecule has 2 atom stereocenters. The topological polar surface area (TPSA) is 101 Å². The number of rotatable bonds is 5. The number of imidazole rings is 1. The minimum absolute atomic E-state index is 0.0147. The van der Waals surface area contributed by atoms with Crippen molar-refractivity contribution in [3.8, 4) is 0 Å². The first-order valence-corrected chi connectivity index (χ1v) is 10.8. The predicted molar refractivity (Wildman–Crippen MR) is 102 cm³/mol. The van der Waals surface area contributed by atoms with Gasteiger partial charge in [-0.3, -0.25) is 14.0 Å². The Morgan fingerprint density at radius 3 is 2.78 bits per heavy atom. The van der Waals surface area contributed by atoms with Gasteiger partial charge < -0.3 is 10.2 Å². The summed E-state index contributed by atoms with van der Waals surface area (Å²) in [5, 5.41) is 2.86. The molecule has 0 aromatic carbocycles. The predicted octanol–water partition coefficient (Wildman–Crippen LogP) is 1.12. The molecule has 2 aromatic heterocycles. The quantitative estimate of drug-likeness (QED) is 0.822. The number of hydrogen-bond acceptors (Lipinski definition) is 5. The number of hydrogen-bond donors (Lipinski definition) is 1. The number of nitrogens with one attached hydrogen (secondary N) is 1. The maximum atomic E-state index is 13.0. The smallest absolute Gasteiger partial charge is 0.287 e. The Kier molecular flexibility index (Phi) is 5.23. The summed E-state index contributed by atoms with van der Waals surface area (Å²) in [7, 11) is -1.52. The standard InChI is InChI=1S/C18H24N4O4S/c1-4-12(2)19-17(23)16-20-15(14-7-5-6-9-22(14)16)18(24)21(3)13-8-10-27(25,26)11-13/h5-7,9,12-13H,4,8,10-11H2,1-3H3,(H,19,23). The van der Waals surface area contributed by atoms with E-state index in [1.54, 1.807) is 35.8 Å². The van der Waals surface area contributed by atoms with Crippen LogP contribution in [-0.2, 0) is 9.84 Å². The van der Waals surface area contributed by atoms with Gasteiger partial charge in [0.2, 0.25) is 5.82 Å². The molecule has 3 heterocycles. The van der Waals surface area contributed by atoms with Crippen LogP contribution in [0.3, 0.4) is 0 Å². The van der Waals surface area contributed by atoms with Crippen LogP contribution in [0.4, 0.5) is 0 Å². The second-order valence-corrected chi connectivity index (χ2v) is 9.22. The summed E-state index contributed by atoms with van der Waals surface area (Å²) in [6, 6.07) is 4.86. The van der Waals surface area contributed by atoms with E-state index >= 15 is 0 Å². The Morgan fingerprint density at radius 2 is 2.15 bits per heavy atom. The molecule has 1 aliphatic rings. The SMILES string of the molecule is CCC(C)NC(=O)c1nc(C(=O)N(C)C2CCS(=O)(=O)C2)c2ccccn12. The van der Waals surface area contributed by atoms with Crippen LogP contribution in [0.2, 0.25) is 0 Å². The molecule has 3 rings (SSSR count). The van der Waals surface area contributed by atoms with Crippen molar-refractivity contribution in [2.24, 2.45) is 0 Å². The lowest BCUT2D eigenvalue weighted by molar-refractivity contribution is 0.0744. The highest BCUT2D eigenvalue weighted by atomic mass is 32.2. The molecule has 1 fully saturated rings. The van der Waals surface area contributed by atoms with Crippen molar-refractivity contribution >= 4 is 27.2 Å². The minimum Gasteiger partial charge on any atom is -0.347 e. The Bertz CT molecular complexity index is 982. The van der Waals surface area contributed by atoms with Crippen LogP contribution < -0.4 is 5.32 Å². The zero-order valence-corrected chi connectivity index (χ0v) is 16.5. The molecule has 2 unspecified atom stereocenters. The highest BCUT2D eigenvalue weighted by molar-refractivity contribution is 7.91. The van der Waals surface area contributed by atoms with Gasteiger partial charge in [-0.05, 0) is 31.9 Å². The van der Waals surface area contributed by atoms with E-state index in [0.29, 0.717) is 11.9 Å². The fourth-order valence-corrected chi connectivity index (χ4v) is 4.93. The largest absolute Gasteiger partial charge is 0.347 e. The van der Waals surface area contributed by atoms with Crippen molar-refractivity contribution < 1.29 is 18.0 Å². The van der Waals surface area contributed by atoms with Crippen LogP contribution in [0.15, 0.2) is 24.4 Å². The number of amides is 2. The van der Waals surface area contributed by atoms with Crippen LogP contribution in [0, 0.1) is 0 Å². The lowest BCUT2D eigenvalue weighted by Gasteiger charge is -2.22. The average molecular weight is 392 g/mol. The normalized spacial score (nSPS) is 19.7. The molecule has 1 aliphatic heterocycles. The van der Waals surface area contributed by atoms with Crippen molar-refractivity contribution in [1.82, 2.24) is 19.6 Å². The van der Waals surface area contributed by atoms with Gasteiger partial charge in [-0.15, -0.1) is 0 Å². The highest BCUT2D eigenvalue weighted by Gasteiger charge is 2.34. The van der Waals surface area contributed by atoms with Crippen LogP contribution >= 0.6 is 0 Å². The lowest BCUT2D eigenvalue weighted by Crippen LogP contribution is -2.38. The number of sulfone groups is 1. The van der Waals surface area contributed by atoms with Crippen molar-refractivity contribution in [2.75, 3.05) is 18.6 Å². The maximum absolute atomic E-state index is 13.0. The first kappa shape index (κ1) is 19.3.